The van der Waals surface area contributed by atoms with Crippen LogP contribution in [0.4, 0.5) is 0 Å². The van der Waals surface area contributed by atoms with Gasteiger partial charge in [-0.25, -0.2) is 0 Å². The molecule has 0 saturated carbocycles. The van der Waals surface area contributed by atoms with Gasteiger partial charge in [-0.05, 0) is 29.2 Å². The molecule has 0 aromatic heterocycles. The van der Waals surface area contributed by atoms with Gasteiger partial charge in [0.1, 0.15) is 16.9 Å². The number of fused-ring (bicyclic) bond motifs is 1. The van der Waals surface area contributed by atoms with Crippen LogP contribution >= 0.6 is 0 Å². The van der Waals surface area contributed by atoms with Gasteiger partial charge >= 0.3 is 5.97 Å². The molecule has 0 spiro atoms. The Kier molecular flexibility index (Phi) is 2.84. The van der Waals surface area contributed by atoms with Crippen molar-refractivity contribution in [2.45, 2.75) is 26.2 Å². The Morgan fingerprint density at radius 3 is 2.24 bits per heavy atom. The van der Waals surface area contributed by atoms with Crippen LogP contribution in [0, 0.1) is 5.41 Å². The molecule has 1 N–H and O–H groups in total. The van der Waals surface area contributed by atoms with Crippen molar-refractivity contribution in [3.63, 3.8) is 0 Å². The fraction of sp³-hybridized carbons (Fsp3) is 0.278. The third-order valence-electron chi connectivity index (χ3n) is 4.23. The highest BCUT2D eigenvalue weighted by molar-refractivity contribution is 5.95. The van der Waals surface area contributed by atoms with E-state index in [0.717, 1.165) is 11.1 Å². The smallest absolute Gasteiger partial charge is 0.327 e. The minimum Gasteiger partial charge on any atom is -0.508 e. The van der Waals surface area contributed by atoms with Crippen molar-refractivity contribution in [3.05, 3.63) is 59.7 Å². The van der Waals surface area contributed by atoms with Gasteiger partial charge in [-0.2, -0.15) is 0 Å². The van der Waals surface area contributed by atoms with Crippen LogP contribution in [0.1, 0.15) is 31.9 Å². The summed E-state index contributed by atoms with van der Waals surface area (Å²) in [6.45, 7) is 6.09. The van der Waals surface area contributed by atoms with E-state index in [1.165, 1.54) is 0 Å². The molecule has 0 fully saturated rings. The maximum Gasteiger partial charge on any atom is 0.327 e. The van der Waals surface area contributed by atoms with E-state index in [1.54, 1.807) is 24.3 Å². The molecule has 1 aliphatic rings. The molecule has 2 aromatic rings. The molecule has 1 aliphatic heterocycles. The van der Waals surface area contributed by atoms with Crippen LogP contribution in [0.15, 0.2) is 48.5 Å². The number of aromatic hydroxyl groups is 1. The van der Waals surface area contributed by atoms with Gasteiger partial charge in [-0.15, -0.1) is 0 Å². The first-order valence-electron chi connectivity index (χ1n) is 6.98. The van der Waals surface area contributed by atoms with Gasteiger partial charge in [0.25, 0.3) is 0 Å². The van der Waals surface area contributed by atoms with E-state index in [1.807, 2.05) is 45.0 Å². The van der Waals surface area contributed by atoms with E-state index in [0.29, 0.717) is 5.75 Å². The van der Waals surface area contributed by atoms with Crippen molar-refractivity contribution >= 4 is 5.97 Å². The van der Waals surface area contributed by atoms with Gasteiger partial charge in [0.15, 0.2) is 0 Å². The van der Waals surface area contributed by atoms with E-state index in [9.17, 15) is 9.90 Å². The van der Waals surface area contributed by atoms with Crippen LogP contribution in [0.25, 0.3) is 0 Å². The maximum absolute atomic E-state index is 12.8. The van der Waals surface area contributed by atoms with E-state index in [4.69, 9.17) is 4.74 Å². The van der Waals surface area contributed by atoms with E-state index in [-0.39, 0.29) is 17.1 Å². The third kappa shape index (κ3) is 1.77. The Labute approximate surface area is 124 Å². The molecule has 1 heterocycles. The maximum atomic E-state index is 12.8. The molecule has 3 rings (SSSR count). The molecule has 21 heavy (non-hydrogen) atoms. The number of rotatable bonds is 1. The van der Waals surface area contributed by atoms with E-state index < -0.39 is 5.41 Å². The summed E-state index contributed by atoms with van der Waals surface area (Å²) in [5.74, 6) is 0.537. The molecule has 3 nitrogen and oxygen atoms in total. The first-order valence-corrected chi connectivity index (χ1v) is 6.98. The van der Waals surface area contributed by atoms with E-state index >= 15 is 0 Å². The molecular formula is C18H18O3. The lowest BCUT2D eigenvalue weighted by molar-refractivity contribution is -0.140. The zero-order valence-corrected chi connectivity index (χ0v) is 12.4. The highest BCUT2D eigenvalue weighted by Gasteiger charge is 2.57. The molecule has 0 radical (unpaired) electrons. The molecule has 108 valence electrons. The number of phenolic OH excluding ortho intramolecular Hbond substituents is 1. The Hall–Kier alpha value is -2.29. The predicted octanol–water partition coefficient (Wildman–Crippen LogP) is 3.64. The monoisotopic (exact) mass is 282 g/mol. The minimum atomic E-state index is -0.864. The van der Waals surface area contributed by atoms with Gasteiger partial charge in [0.05, 0.1) is 0 Å². The van der Waals surface area contributed by atoms with Crippen LogP contribution < -0.4 is 4.74 Å². The average molecular weight is 282 g/mol. The molecule has 1 unspecified atom stereocenters. The minimum absolute atomic E-state index is 0.183. The summed E-state index contributed by atoms with van der Waals surface area (Å²) in [7, 11) is 0. The van der Waals surface area contributed by atoms with Crippen molar-refractivity contribution in [1.82, 2.24) is 0 Å². The largest absolute Gasteiger partial charge is 0.508 e. The molecule has 3 heteroatoms. The molecule has 0 aliphatic carbocycles. The summed E-state index contributed by atoms with van der Waals surface area (Å²) in [6.07, 6.45) is 0. The summed E-state index contributed by atoms with van der Waals surface area (Å²) < 4.78 is 5.53. The second-order valence-electron chi connectivity index (χ2n) is 6.43. The molecule has 0 amide bonds. The van der Waals surface area contributed by atoms with E-state index in [2.05, 4.69) is 0 Å². The van der Waals surface area contributed by atoms with Crippen LogP contribution in [0.5, 0.6) is 11.5 Å². The zero-order chi connectivity index (χ0) is 15.3. The molecule has 2 aromatic carbocycles. The SMILES string of the molecule is CC(C)(C)C1(c2ccc(O)cc2)C(=O)Oc2ccccc21. The lowest BCUT2D eigenvalue weighted by atomic mass is 9.60. The summed E-state index contributed by atoms with van der Waals surface area (Å²) in [6, 6.07) is 14.4. The number of phenols is 1. The van der Waals surface area contributed by atoms with Crippen molar-refractivity contribution in [2.75, 3.05) is 0 Å². The van der Waals surface area contributed by atoms with Crippen LogP contribution in [0.3, 0.4) is 0 Å². The highest BCUT2D eigenvalue weighted by Crippen LogP contribution is 2.54. The second kappa shape index (κ2) is 4.35. The standard InChI is InChI=1S/C18H18O3/c1-17(2,3)18(12-8-10-13(19)11-9-12)14-6-4-5-7-15(14)21-16(18)20/h4-11,19H,1-3H3. The number of benzene rings is 2. The Balaban J connectivity index is 2.34. The van der Waals surface area contributed by atoms with Crippen LogP contribution in [-0.2, 0) is 10.2 Å². The van der Waals surface area contributed by atoms with Gasteiger partial charge in [0.2, 0.25) is 0 Å². The Morgan fingerprint density at radius 1 is 1.00 bits per heavy atom. The van der Waals surface area contributed by atoms with Crippen LogP contribution in [0.2, 0.25) is 0 Å². The van der Waals surface area contributed by atoms with Gasteiger partial charge in [0, 0.05) is 5.56 Å². The Bertz CT molecular complexity index is 695. The molecular weight excluding hydrogens is 264 g/mol. The second-order valence-corrected chi connectivity index (χ2v) is 6.43. The molecule has 0 bridgehead atoms. The fourth-order valence-corrected chi connectivity index (χ4v) is 3.28. The molecule has 0 saturated heterocycles. The lowest BCUT2D eigenvalue weighted by Gasteiger charge is -2.39. The number of carbonyl (C=O) groups excluding carboxylic acids is 1. The summed E-state index contributed by atoms with van der Waals surface area (Å²) >= 11 is 0. The Morgan fingerprint density at radius 2 is 1.62 bits per heavy atom. The summed E-state index contributed by atoms with van der Waals surface area (Å²) in [5.41, 5.74) is 0.487. The number of ether oxygens (including phenoxy) is 1. The number of esters is 1. The normalized spacial score (nSPS) is 21.0. The first kappa shape index (κ1) is 13.7. The number of carbonyl (C=O) groups is 1. The zero-order valence-electron chi connectivity index (χ0n) is 12.4. The fourth-order valence-electron chi connectivity index (χ4n) is 3.28. The quantitative estimate of drug-likeness (QED) is 0.641. The average Bonchev–Trinajstić information content (AvgIpc) is 2.72. The van der Waals surface area contributed by atoms with Crippen molar-refractivity contribution in [3.8, 4) is 11.5 Å². The topological polar surface area (TPSA) is 46.5 Å². The highest BCUT2D eigenvalue weighted by atomic mass is 16.5. The predicted molar refractivity (Wildman–Crippen MR) is 80.4 cm³/mol. The van der Waals surface area contributed by atoms with Gasteiger partial charge in [-0.1, -0.05) is 51.1 Å². The lowest BCUT2D eigenvalue weighted by Crippen LogP contribution is -2.46. The van der Waals surface area contributed by atoms with Crippen molar-refractivity contribution in [1.29, 1.82) is 0 Å². The van der Waals surface area contributed by atoms with Gasteiger partial charge < -0.3 is 9.84 Å². The number of hydrogen-bond donors (Lipinski definition) is 1. The number of hydrogen-bond acceptors (Lipinski definition) is 3. The van der Waals surface area contributed by atoms with Crippen molar-refractivity contribution < 1.29 is 14.6 Å². The molecule has 1 atom stereocenters. The summed E-state index contributed by atoms with van der Waals surface area (Å²) in [4.78, 5) is 12.8. The number of para-hydroxylation sites is 1. The van der Waals surface area contributed by atoms with Crippen LogP contribution in [-0.4, -0.2) is 11.1 Å². The van der Waals surface area contributed by atoms with Gasteiger partial charge in [-0.3, -0.25) is 4.79 Å². The summed E-state index contributed by atoms with van der Waals surface area (Å²) in [5, 5.41) is 9.53. The third-order valence-corrected chi connectivity index (χ3v) is 4.23. The first-order chi connectivity index (χ1) is 9.87. The van der Waals surface area contributed by atoms with Crippen molar-refractivity contribution in [2.24, 2.45) is 5.41 Å².